The highest BCUT2D eigenvalue weighted by Gasteiger charge is 2.28. The fourth-order valence-electron chi connectivity index (χ4n) is 1.83. The minimum absolute atomic E-state index is 0.00129. The van der Waals surface area contributed by atoms with Crippen LogP contribution in [-0.2, 0) is 0 Å². The molecule has 2 rings (SSSR count). The molecule has 21 heavy (non-hydrogen) atoms. The molecule has 0 atom stereocenters. The van der Waals surface area contributed by atoms with Gasteiger partial charge in [-0.15, -0.1) is 0 Å². The van der Waals surface area contributed by atoms with Gasteiger partial charge in [0.1, 0.15) is 12.0 Å². The van der Waals surface area contributed by atoms with Crippen molar-refractivity contribution < 1.29 is 22.7 Å². The molecule has 1 heterocycles. The average molecular weight is 295 g/mol. The third-order valence-electron chi connectivity index (χ3n) is 2.70. The van der Waals surface area contributed by atoms with E-state index in [0.29, 0.717) is 11.8 Å². The predicted molar refractivity (Wildman–Crippen MR) is 71.3 cm³/mol. The summed E-state index contributed by atoms with van der Waals surface area (Å²) < 4.78 is 41.3. The summed E-state index contributed by atoms with van der Waals surface area (Å²) in [5.74, 6) is 0.00129. The van der Waals surface area contributed by atoms with Crippen molar-refractivity contribution in [1.29, 1.82) is 0 Å². The van der Waals surface area contributed by atoms with Gasteiger partial charge in [-0.2, -0.15) is 13.2 Å². The summed E-state index contributed by atoms with van der Waals surface area (Å²) in [4.78, 5) is 15.0. The van der Waals surface area contributed by atoms with Gasteiger partial charge in [0.05, 0.1) is 0 Å². The molecule has 0 aliphatic heterocycles. The molecule has 0 bridgehead atoms. The quantitative estimate of drug-likeness (QED) is 0.805. The van der Waals surface area contributed by atoms with E-state index in [1.807, 2.05) is 0 Å². The van der Waals surface area contributed by atoms with Crippen LogP contribution in [0, 0.1) is 6.92 Å². The molecular weight excluding hydrogens is 283 g/mol. The van der Waals surface area contributed by atoms with E-state index < -0.39 is 12.8 Å². The fraction of sp³-hybridized carbons (Fsp3) is 0.200. The van der Waals surface area contributed by atoms with Gasteiger partial charge in [-0.25, -0.2) is 0 Å². The van der Waals surface area contributed by atoms with Crippen LogP contribution in [0.4, 0.5) is 13.2 Å². The van der Waals surface area contributed by atoms with Gasteiger partial charge in [0, 0.05) is 17.5 Å². The van der Waals surface area contributed by atoms with Gasteiger partial charge < -0.3 is 4.74 Å². The number of nitrogens with zero attached hydrogens (tertiary/aromatic N) is 1. The number of hydrogen-bond donors (Lipinski definition) is 0. The smallest absolute Gasteiger partial charge is 0.422 e. The number of ether oxygens (including phenoxy) is 1. The van der Waals surface area contributed by atoms with Crippen molar-refractivity contribution in [2.45, 2.75) is 13.1 Å². The molecule has 0 saturated heterocycles. The summed E-state index contributed by atoms with van der Waals surface area (Å²) in [6.45, 7) is 0.401. The first-order valence-corrected chi connectivity index (χ1v) is 6.10. The van der Waals surface area contributed by atoms with Crippen molar-refractivity contribution in [2.24, 2.45) is 0 Å². The lowest BCUT2D eigenvalue weighted by atomic mass is 10.0. The SMILES string of the molecule is Cc1cc(-c2cc(C=O)cc(OCC(F)(F)F)c2)ccn1. The number of carbonyl (C=O) groups excluding carboxylic acids is 1. The zero-order valence-corrected chi connectivity index (χ0v) is 11.1. The van der Waals surface area contributed by atoms with Crippen LogP contribution < -0.4 is 4.74 Å². The van der Waals surface area contributed by atoms with Gasteiger partial charge in [-0.05, 0) is 48.4 Å². The first kappa shape index (κ1) is 15.0. The van der Waals surface area contributed by atoms with Gasteiger partial charge in [0.15, 0.2) is 6.61 Å². The maximum atomic E-state index is 12.2. The lowest BCUT2D eigenvalue weighted by Crippen LogP contribution is -2.19. The Balaban J connectivity index is 2.36. The highest BCUT2D eigenvalue weighted by molar-refractivity contribution is 5.80. The van der Waals surface area contributed by atoms with Crippen LogP contribution in [0.25, 0.3) is 11.1 Å². The van der Waals surface area contributed by atoms with E-state index in [1.54, 1.807) is 31.3 Å². The molecule has 0 aliphatic rings. The Morgan fingerprint density at radius 1 is 1.19 bits per heavy atom. The number of rotatable bonds is 4. The maximum Gasteiger partial charge on any atom is 0.422 e. The van der Waals surface area contributed by atoms with Crippen LogP contribution in [-0.4, -0.2) is 24.1 Å². The number of pyridine rings is 1. The van der Waals surface area contributed by atoms with Gasteiger partial charge >= 0.3 is 6.18 Å². The largest absolute Gasteiger partial charge is 0.484 e. The van der Waals surface area contributed by atoms with Crippen molar-refractivity contribution in [1.82, 2.24) is 4.98 Å². The molecule has 3 nitrogen and oxygen atoms in total. The van der Waals surface area contributed by atoms with Gasteiger partial charge in [0.25, 0.3) is 0 Å². The Morgan fingerprint density at radius 2 is 1.95 bits per heavy atom. The number of aldehydes is 1. The molecule has 0 amide bonds. The second-order valence-electron chi connectivity index (χ2n) is 4.50. The van der Waals surface area contributed by atoms with Gasteiger partial charge in [-0.3, -0.25) is 9.78 Å². The topological polar surface area (TPSA) is 39.2 Å². The maximum absolute atomic E-state index is 12.2. The predicted octanol–water partition coefficient (Wildman–Crippen LogP) is 3.81. The van der Waals surface area contributed by atoms with E-state index >= 15 is 0 Å². The van der Waals surface area contributed by atoms with Crippen LogP contribution in [0.15, 0.2) is 36.5 Å². The molecular formula is C15H12F3NO2. The number of alkyl halides is 3. The van der Waals surface area contributed by atoms with E-state index in [1.165, 1.54) is 12.1 Å². The Bertz CT molecular complexity index is 654. The fourth-order valence-corrected chi connectivity index (χ4v) is 1.83. The van der Waals surface area contributed by atoms with Crippen LogP contribution in [0.5, 0.6) is 5.75 Å². The third-order valence-corrected chi connectivity index (χ3v) is 2.70. The molecule has 1 aromatic carbocycles. The molecule has 0 aliphatic carbocycles. The minimum atomic E-state index is -4.43. The first-order valence-electron chi connectivity index (χ1n) is 6.10. The summed E-state index contributed by atoms with van der Waals surface area (Å²) in [6, 6.07) is 7.81. The van der Waals surface area contributed by atoms with E-state index in [0.717, 1.165) is 11.3 Å². The van der Waals surface area contributed by atoms with Crippen LogP contribution in [0.1, 0.15) is 16.1 Å². The highest BCUT2D eigenvalue weighted by atomic mass is 19.4. The Morgan fingerprint density at radius 3 is 2.57 bits per heavy atom. The molecule has 0 radical (unpaired) electrons. The van der Waals surface area contributed by atoms with E-state index in [2.05, 4.69) is 4.98 Å². The highest BCUT2D eigenvalue weighted by Crippen LogP contribution is 2.27. The second kappa shape index (κ2) is 5.95. The molecule has 0 saturated carbocycles. The summed E-state index contributed by atoms with van der Waals surface area (Å²) in [6.07, 6.45) is -2.27. The monoisotopic (exact) mass is 295 g/mol. The van der Waals surface area contributed by atoms with E-state index in [-0.39, 0.29) is 11.3 Å². The number of halogens is 3. The molecule has 0 fully saturated rings. The standard InChI is InChI=1S/C15H12F3NO2/c1-10-4-12(2-3-19-10)13-5-11(8-20)6-14(7-13)21-9-15(16,17)18/h2-8H,9H2,1H3. The third kappa shape index (κ3) is 4.30. The summed E-state index contributed by atoms with van der Waals surface area (Å²) in [7, 11) is 0. The molecule has 6 heteroatoms. The number of hydrogen-bond acceptors (Lipinski definition) is 3. The van der Waals surface area contributed by atoms with Gasteiger partial charge in [-0.1, -0.05) is 0 Å². The lowest BCUT2D eigenvalue weighted by Gasteiger charge is -2.11. The summed E-state index contributed by atoms with van der Waals surface area (Å²) in [5.41, 5.74) is 2.37. The average Bonchev–Trinajstić information content (AvgIpc) is 2.44. The minimum Gasteiger partial charge on any atom is -0.484 e. The van der Waals surface area contributed by atoms with Crippen molar-refractivity contribution in [3.05, 3.63) is 47.8 Å². The number of benzene rings is 1. The Labute approximate surface area is 119 Å². The van der Waals surface area contributed by atoms with Crippen molar-refractivity contribution in [3.63, 3.8) is 0 Å². The zero-order valence-electron chi connectivity index (χ0n) is 11.1. The second-order valence-corrected chi connectivity index (χ2v) is 4.50. The van der Waals surface area contributed by atoms with E-state index in [9.17, 15) is 18.0 Å². The Hall–Kier alpha value is -2.37. The number of aromatic nitrogens is 1. The van der Waals surface area contributed by atoms with E-state index in [4.69, 9.17) is 4.74 Å². The summed E-state index contributed by atoms with van der Waals surface area (Å²) in [5, 5.41) is 0. The molecule has 2 aromatic rings. The number of carbonyl (C=O) groups is 1. The van der Waals surface area contributed by atoms with Crippen molar-refractivity contribution in [3.8, 4) is 16.9 Å². The molecule has 1 aromatic heterocycles. The molecule has 0 spiro atoms. The van der Waals surface area contributed by atoms with Crippen molar-refractivity contribution in [2.75, 3.05) is 6.61 Å². The Kier molecular flexibility index (Phi) is 4.26. The summed E-state index contributed by atoms with van der Waals surface area (Å²) >= 11 is 0. The molecule has 0 unspecified atom stereocenters. The lowest BCUT2D eigenvalue weighted by molar-refractivity contribution is -0.153. The van der Waals surface area contributed by atoms with Crippen LogP contribution in [0.3, 0.4) is 0 Å². The molecule has 110 valence electrons. The van der Waals surface area contributed by atoms with Gasteiger partial charge in [0.2, 0.25) is 0 Å². The normalized spacial score (nSPS) is 11.2. The first-order chi connectivity index (χ1) is 9.87. The zero-order chi connectivity index (χ0) is 15.5. The van der Waals surface area contributed by atoms with Crippen molar-refractivity contribution >= 4 is 6.29 Å². The molecule has 0 N–H and O–H groups in total. The number of aryl methyl sites for hydroxylation is 1. The van der Waals surface area contributed by atoms with Crippen LogP contribution >= 0.6 is 0 Å². The van der Waals surface area contributed by atoms with Crippen LogP contribution in [0.2, 0.25) is 0 Å².